The summed E-state index contributed by atoms with van der Waals surface area (Å²) < 4.78 is 40.7. The number of carbonyl (C=O) groups excluding carboxylic acids is 1. The number of hydrogen-bond acceptors (Lipinski definition) is 3. The fourth-order valence-corrected chi connectivity index (χ4v) is 4.86. The van der Waals surface area contributed by atoms with Crippen LogP contribution in [0, 0.1) is 5.82 Å². The van der Waals surface area contributed by atoms with Crippen molar-refractivity contribution < 1.29 is 17.6 Å². The fourth-order valence-electron chi connectivity index (χ4n) is 2.90. The average molecular weight is 471 g/mol. The van der Waals surface area contributed by atoms with Gasteiger partial charge in [-0.3, -0.25) is 4.79 Å². The summed E-state index contributed by atoms with van der Waals surface area (Å²) in [5, 5.41) is 2.88. The third-order valence-corrected chi connectivity index (χ3v) is 6.81. The lowest BCUT2D eigenvalue weighted by atomic mass is 10.0. The number of benzene rings is 2. The monoisotopic (exact) mass is 470 g/mol. The molecule has 2 aromatic carbocycles. The quantitative estimate of drug-likeness (QED) is 0.622. The molecule has 8 heteroatoms. The van der Waals surface area contributed by atoms with E-state index in [9.17, 15) is 17.6 Å². The first-order valence-corrected chi connectivity index (χ1v) is 11.3. The zero-order chi connectivity index (χ0) is 20.9. The fraction of sp³-hybridized carbons (Fsp3) is 0.350. The van der Waals surface area contributed by atoms with E-state index in [0.29, 0.717) is 0 Å². The highest BCUT2D eigenvalue weighted by molar-refractivity contribution is 9.10. The molecule has 0 saturated carbocycles. The molecule has 0 bridgehead atoms. The number of carbonyl (C=O) groups is 1. The van der Waals surface area contributed by atoms with Gasteiger partial charge in [-0.1, -0.05) is 36.7 Å². The molecule has 0 heterocycles. The van der Waals surface area contributed by atoms with E-state index in [0.717, 1.165) is 50.6 Å². The van der Waals surface area contributed by atoms with Gasteiger partial charge >= 0.3 is 0 Å². The highest BCUT2D eigenvalue weighted by Crippen LogP contribution is 2.27. The van der Waals surface area contributed by atoms with Gasteiger partial charge in [0.2, 0.25) is 15.9 Å². The minimum absolute atomic E-state index is 0.0457. The van der Waals surface area contributed by atoms with Gasteiger partial charge in [-0.2, -0.15) is 4.31 Å². The average Bonchev–Trinajstić information content (AvgIpc) is 2.67. The lowest BCUT2D eigenvalue weighted by molar-refractivity contribution is -0.116. The normalized spacial score (nSPS) is 11.6. The number of likely N-dealkylation sites (N-methyl/N-ethyl adjacent to an activating group) is 1. The minimum Gasteiger partial charge on any atom is -0.324 e. The van der Waals surface area contributed by atoms with Crippen LogP contribution in [0.25, 0.3) is 0 Å². The SMILES string of the molecule is CCc1cc(Br)cc(CC)c1NC(=O)CN(CC)S(=O)(=O)c1ccc(F)cc1. The highest BCUT2D eigenvalue weighted by atomic mass is 79.9. The molecule has 0 saturated heterocycles. The van der Waals surface area contributed by atoms with E-state index in [4.69, 9.17) is 0 Å². The lowest BCUT2D eigenvalue weighted by Gasteiger charge is -2.21. The van der Waals surface area contributed by atoms with Crippen molar-refractivity contribution in [3.05, 3.63) is 57.8 Å². The molecular weight excluding hydrogens is 447 g/mol. The Bertz CT molecular complexity index is 921. The van der Waals surface area contributed by atoms with Crippen LogP contribution in [-0.2, 0) is 27.7 Å². The second-order valence-corrected chi connectivity index (χ2v) is 9.09. The number of halogens is 2. The van der Waals surface area contributed by atoms with Crippen LogP contribution in [0.2, 0.25) is 0 Å². The molecule has 28 heavy (non-hydrogen) atoms. The maximum atomic E-state index is 13.1. The number of nitrogens with zero attached hydrogens (tertiary/aromatic N) is 1. The van der Waals surface area contributed by atoms with Gasteiger partial charge in [0.05, 0.1) is 11.4 Å². The van der Waals surface area contributed by atoms with Crippen LogP contribution in [0.3, 0.4) is 0 Å². The van der Waals surface area contributed by atoms with Crippen LogP contribution in [0.15, 0.2) is 45.8 Å². The Morgan fingerprint density at radius 3 is 2.07 bits per heavy atom. The highest BCUT2D eigenvalue weighted by Gasteiger charge is 2.25. The van der Waals surface area contributed by atoms with E-state index in [1.165, 1.54) is 12.1 Å². The molecule has 2 aromatic rings. The van der Waals surface area contributed by atoms with Crippen LogP contribution < -0.4 is 5.32 Å². The molecule has 152 valence electrons. The first-order chi connectivity index (χ1) is 13.2. The maximum absolute atomic E-state index is 13.1. The zero-order valence-electron chi connectivity index (χ0n) is 16.1. The summed E-state index contributed by atoms with van der Waals surface area (Å²) in [5.74, 6) is -0.937. The van der Waals surface area contributed by atoms with Crippen LogP contribution in [0.1, 0.15) is 31.9 Å². The molecule has 0 atom stereocenters. The smallest absolute Gasteiger partial charge is 0.243 e. The Kier molecular flexibility index (Phi) is 7.74. The Balaban J connectivity index is 2.25. The molecule has 5 nitrogen and oxygen atoms in total. The molecule has 0 unspecified atom stereocenters. The van der Waals surface area contributed by atoms with Gasteiger partial charge in [0.15, 0.2) is 0 Å². The van der Waals surface area contributed by atoms with Gasteiger partial charge in [0.25, 0.3) is 0 Å². The van der Waals surface area contributed by atoms with E-state index in [-0.39, 0.29) is 18.0 Å². The number of sulfonamides is 1. The molecule has 0 aliphatic heterocycles. The number of rotatable bonds is 8. The molecule has 1 N–H and O–H groups in total. The standard InChI is InChI=1S/C20H24BrFN2O3S/c1-4-14-11-16(21)12-15(5-2)20(14)23-19(25)13-24(6-3)28(26,27)18-9-7-17(22)8-10-18/h7-12H,4-6,13H2,1-3H3,(H,23,25). The summed E-state index contributed by atoms with van der Waals surface area (Å²) in [6.07, 6.45) is 1.46. The summed E-state index contributed by atoms with van der Waals surface area (Å²) >= 11 is 3.48. The van der Waals surface area contributed by atoms with Crippen molar-refractivity contribution in [2.75, 3.05) is 18.4 Å². The first kappa shape index (κ1) is 22.5. The van der Waals surface area contributed by atoms with Crippen LogP contribution in [0.5, 0.6) is 0 Å². The van der Waals surface area contributed by atoms with Crippen LogP contribution >= 0.6 is 15.9 Å². The van der Waals surface area contributed by atoms with E-state index >= 15 is 0 Å². The zero-order valence-corrected chi connectivity index (χ0v) is 18.5. The van der Waals surface area contributed by atoms with Crippen LogP contribution in [-0.4, -0.2) is 31.7 Å². The number of anilines is 1. The van der Waals surface area contributed by atoms with Crippen LogP contribution in [0.4, 0.5) is 10.1 Å². The summed E-state index contributed by atoms with van der Waals surface area (Å²) in [7, 11) is -3.90. The van der Waals surface area contributed by atoms with Gasteiger partial charge < -0.3 is 5.32 Å². The number of nitrogens with one attached hydrogen (secondary N) is 1. The number of hydrogen-bond donors (Lipinski definition) is 1. The third-order valence-electron chi connectivity index (χ3n) is 4.42. The summed E-state index contributed by atoms with van der Waals surface area (Å²) in [4.78, 5) is 12.6. The van der Waals surface area contributed by atoms with Gasteiger partial charge in [-0.05, 0) is 60.4 Å². The van der Waals surface area contributed by atoms with Crippen molar-refractivity contribution in [3.8, 4) is 0 Å². The summed E-state index contributed by atoms with van der Waals surface area (Å²) in [5.41, 5.74) is 2.68. The van der Waals surface area contributed by atoms with Crippen molar-refractivity contribution in [2.24, 2.45) is 0 Å². The molecule has 2 rings (SSSR count). The summed E-state index contributed by atoms with van der Waals surface area (Å²) in [6.45, 7) is 5.44. The first-order valence-electron chi connectivity index (χ1n) is 9.09. The predicted molar refractivity (Wildman–Crippen MR) is 112 cm³/mol. The van der Waals surface area contributed by atoms with Crippen molar-refractivity contribution in [2.45, 2.75) is 38.5 Å². The minimum atomic E-state index is -3.90. The molecule has 0 aliphatic carbocycles. The Hall–Kier alpha value is -1.77. The van der Waals surface area contributed by atoms with Gasteiger partial charge in [0, 0.05) is 16.7 Å². The lowest BCUT2D eigenvalue weighted by Crippen LogP contribution is -2.38. The van der Waals surface area contributed by atoms with E-state index in [1.807, 2.05) is 26.0 Å². The molecule has 0 aromatic heterocycles. The van der Waals surface area contributed by atoms with Gasteiger partial charge in [-0.15, -0.1) is 0 Å². The second-order valence-electron chi connectivity index (χ2n) is 6.24. The molecule has 0 aliphatic rings. The largest absolute Gasteiger partial charge is 0.324 e. The summed E-state index contributed by atoms with van der Waals surface area (Å²) in [6, 6.07) is 8.46. The van der Waals surface area contributed by atoms with Crippen molar-refractivity contribution in [1.82, 2.24) is 4.31 Å². The van der Waals surface area contributed by atoms with Gasteiger partial charge in [-0.25, -0.2) is 12.8 Å². The Labute approximate surface area is 174 Å². The molecular formula is C20H24BrFN2O3S. The third kappa shape index (κ3) is 5.18. The van der Waals surface area contributed by atoms with E-state index in [2.05, 4.69) is 21.2 Å². The maximum Gasteiger partial charge on any atom is 0.243 e. The topological polar surface area (TPSA) is 66.5 Å². The number of amides is 1. The van der Waals surface area contributed by atoms with Crippen molar-refractivity contribution in [3.63, 3.8) is 0 Å². The van der Waals surface area contributed by atoms with Gasteiger partial charge in [0.1, 0.15) is 5.82 Å². The van der Waals surface area contributed by atoms with E-state index in [1.54, 1.807) is 6.92 Å². The van der Waals surface area contributed by atoms with Crippen molar-refractivity contribution in [1.29, 1.82) is 0 Å². The van der Waals surface area contributed by atoms with Crippen molar-refractivity contribution >= 4 is 37.5 Å². The second kappa shape index (κ2) is 9.62. The molecule has 0 radical (unpaired) electrons. The van der Waals surface area contributed by atoms with E-state index < -0.39 is 21.7 Å². The molecule has 0 spiro atoms. The predicted octanol–water partition coefficient (Wildman–Crippen LogP) is 4.36. The molecule has 1 amide bonds. The Morgan fingerprint density at radius 2 is 1.61 bits per heavy atom. The Morgan fingerprint density at radius 1 is 1.07 bits per heavy atom. The number of aryl methyl sites for hydroxylation is 2. The molecule has 0 fully saturated rings.